The molecule has 1 aliphatic rings. The number of carbonyl (C=O) groups excluding carboxylic acids is 1. The van der Waals surface area contributed by atoms with E-state index < -0.39 is 0 Å². The molecule has 2 heterocycles. The highest BCUT2D eigenvalue weighted by atomic mass is 16.5. The van der Waals surface area contributed by atoms with Crippen LogP contribution in [0, 0.1) is 0 Å². The number of hydrogen-bond donors (Lipinski definition) is 0. The Hall–Kier alpha value is -3.15. The number of benzene rings is 2. The number of carbonyl (C=O) groups is 1. The van der Waals surface area contributed by atoms with Gasteiger partial charge < -0.3 is 9.64 Å². The maximum Gasteiger partial charge on any atom is 0.276 e. The third-order valence-corrected chi connectivity index (χ3v) is 4.47. The molecule has 4 rings (SSSR count). The van der Waals surface area contributed by atoms with Gasteiger partial charge in [0.2, 0.25) is 0 Å². The molecule has 6 heteroatoms. The maximum absolute atomic E-state index is 12.7. The molecule has 0 atom stereocenters. The van der Waals surface area contributed by atoms with Crippen molar-refractivity contribution in [3.8, 4) is 11.4 Å². The van der Waals surface area contributed by atoms with Crippen LogP contribution in [0.25, 0.3) is 5.69 Å². The Balaban J connectivity index is 1.53. The second-order valence-corrected chi connectivity index (χ2v) is 5.99. The van der Waals surface area contributed by atoms with E-state index in [9.17, 15) is 4.79 Å². The van der Waals surface area contributed by atoms with E-state index >= 15 is 0 Å². The van der Waals surface area contributed by atoms with Crippen LogP contribution in [0.4, 0.5) is 0 Å². The van der Waals surface area contributed by atoms with E-state index in [0.29, 0.717) is 18.8 Å². The SMILES string of the molecule is COc1ccc(-n2cc(C(=O)N3CCc4ccccc4C3)nn2)cc1. The van der Waals surface area contributed by atoms with Gasteiger partial charge in [0, 0.05) is 13.1 Å². The number of amides is 1. The molecule has 25 heavy (non-hydrogen) atoms. The van der Waals surface area contributed by atoms with Crippen molar-refractivity contribution in [2.45, 2.75) is 13.0 Å². The maximum atomic E-state index is 12.7. The van der Waals surface area contributed by atoms with E-state index in [4.69, 9.17) is 4.74 Å². The van der Waals surface area contributed by atoms with Crippen LogP contribution < -0.4 is 4.74 Å². The van der Waals surface area contributed by atoms with E-state index in [2.05, 4.69) is 22.4 Å². The minimum absolute atomic E-state index is 0.0886. The molecule has 0 aliphatic carbocycles. The van der Waals surface area contributed by atoms with Gasteiger partial charge >= 0.3 is 0 Å². The summed E-state index contributed by atoms with van der Waals surface area (Å²) in [5.74, 6) is 0.682. The van der Waals surface area contributed by atoms with Crippen LogP contribution in [0.3, 0.4) is 0 Å². The first-order chi connectivity index (χ1) is 12.2. The lowest BCUT2D eigenvalue weighted by molar-refractivity contribution is 0.0728. The number of fused-ring (bicyclic) bond motifs is 1. The number of aromatic nitrogens is 3. The molecule has 0 spiro atoms. The predicted octanol–water partition coefficient (Wildman–Crippen LogP) is 2.47. The highest BCUT2D eigenvalue weighted by Crippen LogP contribution is 2.20. The number of nitrogens with zero attached hydrogens (tertiary/aromatic N) is 4. The number of hydrogen-bond acceptors (Lipinski definition) is 4. The Kier molecular flexibility index (Phi) is 3.93. The molecule has 0 unspecified atom stereocenters. The highest BCUT2D eigenvalue weighted by molar-refractivity contribution is 5.92. The lowest BCUT2D eigenvalue weighted by Gasteiger charge is -2.28. The van der Waals surface area contributed by atoms with Gasteiger partial charge in [0.15, 0.2) is 5.69 Å². The molecule has 0 saturated carbocycles. The van der Waals surface area contributed by atoms with Crippen LogP contribution in [0.5, 0.6) is 5.75 Å². The summed E-state index contributed by atoms with van der Waals surface area (Å²) in [6.07, 6.45) is 2.54. The molecular formula is C19H18N4O2. The smallest absolute Gasteiger partial charge is 0.276 e. The van der Waals surface area contributed by atoms with Gasteiger partial charge in [-0.15, -0.1) is 5.10 Å². The van der Waals surface area contributed by atoms with Crippen molar-refractivity contribution < 1.29 is 9.53 Å². The number of methoxy groups -OCH3 is 1. The van der Waals surface area contributed by atoms with Crippen molar-refractivity contribution in [2.24, 2.45) is 0 Å². The van der Waals surface area contributed by atoms with Gasteiger partial charge in [0.05, 0.1) is 19.0 Å². The molecule has 0 fully saturated rings. The fourth-order valence-corrected chi connectivity index (χ4v) is 3.05. The van der Waals surface area contributed by atoms with Gasteiger partial charge in [-0.3, -0.25) is 4.79 Å². The zero-order valence-corrected chi connectivity index (χ0v) is 13.9. The Morgan fingerprint density at radius 1 is 1.08 bits per heavy atom. The summed E-state index contributed by atoms with van der Waals surface area (Å²) in [4.78, 5) is 14.6. The first-order valence-corrected chi connectivity index (χ1v) is 8.17. The van der Waals surface area contributed by atoms with Gasteiger partial charge in [-0.1, -0.05) is 29.5 Å². The summed E-state index contributed by atoms with van der Waals surface area (Å²) in [5, 5.41) is 8.14. The third kappa shape index (κ3) is 2.98. The zero-order valence-electron chi connectivity index (χ0n) is 13.9. The minimum Gasteiger partial charge on any atom is -0.497 e. The van der Waals surface area contributed by atoms with Crippen molar-refractivity contribution in [2.75, 3.05) is 13.7 Å². The Labute approximate surface area is 145 Å². The van der Waals surface area contributed by atoms with Crippen LogP contribution in [-0.4, -0.2) is 39.5 Å². The van der Waals surface area contributed by atoms with Crippen molar-refractivity contribution in [3.05, 3.63) is 71.5 Å². The monoisotopic (exact) mass is 334 g/mol. The Morgan fingerprint density at radius 2 is 1.84 bits per heavy atom. The lowest BCUT2D eigenvalue weighted by Crippen LogP contribution is -2.36. The first-order valence-electron chi connectivity index (χ1n) is 8.17. The molecule has 1 aromatic heterocycles. The standard InChI is InChI=1S/C19H18N4O2/c1-25-17-8-6-16(7-9-17)23-13-18(20-21-23)19(24)22-11-10-14-4-2-3-5-15(14)12-22/h2-9,13H,10-12H2,1H3. The van der Waals surface area contributed by atoms with Crippen LogP contribution in [0.15, 0.2) is 54.7 Å². The van der Waals surface area contributed by atoms with Crippen molar-refractivity contribution in [3.63, 3.8) is 0 Å². The van der Waals surface area contributed by atoms with E-state index in [0.717, 1.165) is 17.9 Å². The first kappa shape index (κ1) is 15.4. The molecule has 1 amide bonds. The average molecular weight is 334 g/mol. The second kappa shape index (κ2) is 6.39. The van der Waals surface area contributed by atoms with E-state index in [1.165, 1.54) is 11.1 Å². The van der Waals surface area contributed by atoms with Crippen molar-refractivity contribution in [1.82, 2.24) is 19.9 Å². The summed E-state index contributed by atoms with van der Waals surface area (Å²) >= 11 is 0. The summed E-state index contributed by atoms with van der Waals surface area (Å²) in [6, 6.07) is 15.7. The van der Waals surface area contributed by atoms with E-state index in [1.54, 1.807) is 18.0 Å². The summed E-state index contributed by atoms with van der Waals surface area (Å²) in [7, 11) is 1.62. The van der Waals surface area contributed by atoms with E-state index in [-0.39, 0.29) is 5.91 Å². The average Bonchev–Trinajstić information content (AvgIpc) is 3.17. The van der Waals surface area contributed by atoms with Gasteiger partial charge in [0.1, 0.15) is 5.75 Å². The quantitative estimate of drug-likeness (QED) is 0.738. The molecule has 0 saturated heterocycles. The van der Waals surface area contributed by atoms with Gasteiger partial charge in [-0.05, 0) is 41.8 Å². The van der Waals surface area contributed by atoms with Crippen LogP contribution in [-0.2, 0) is 13.0 Å². The third-order valence-electron chi connectivity index (χ3n) is 4.47. The lowest BCUT2D eigenvalue weighted by atomic mass is 10.00. The molecule has 1 aliphatic heterocycles. The molecule has 0 bridgehead atoms. The van der Waals surface area contributed by atoms with Gasteiger partial charge in [-0.2, -0.15) is 0 Å². The minimum atomic E-state index is -0.0886. The summed E-state index contributed by atoms with van der Waals surface area (Å²) in [6.45, 7) is 1.32. The molecule has 0 radical (unpaired) electrons. The van der Waals surface area contributed by atoms with Crippen LogP contribution in [0.2, 0.25) is 0 Å². The van der Waals surface area contributed by atoms with Gasteiger partial charge in [-0.25, -0.2) is 4.68 Å². The normalized spacial score (nSPS) is 13.4. The Morgan fingerprint density at radius 3 is 2.60 bits per heavy atom. The predicted molar refractivity (Wildman–Crippen MR) is 92.8 cm³/mol. The Bertz CT molecular complexity index is 902. The topological polar surface area (TPSA) is 60.2 Å². The van der Waals surface area contributed by atoms with Crippen LogP contribution in [0.1, 0.15) is 21.6 Å². The fraction of sp³-hybridized carbons (Fsp3) is 0.211. The zero-order chi connectivity index (χ0) is 17.2. The second-order valence-electron chi connectivity index (χ2n) is 5.99. The molecular weight excluding hydrogens is 316 g/mol. The van der Waals surface area contributed by atoms with Gasteiger partial charge in [0.25, 0.3) is 5.91 Å². The molecule has 3 aromatic rings. The number of rotatable bonds is 3. The van der Waals surface area contributed by atoms with E-state index in [1.807, 2.05) is 41.3 Å². The molecule has 126 valence electrons. The van der Waals surface area contributed by atoms with Crippen LogP contribution >= 0.6 is 0 Å². The fourth-order valence-electron chi connectivity index (χ4n) is 3.05. The summed E-state index contributed by atoms with van der Waals surface area (Å²) < 4.78 is 6.75. The molecule has 0 N–H and O–H groups in total. The number of ether oxygens (including phenoxy) is 1. The van der Waals surface area contributed by atoms with Crippen molar-refractivity contribution in [1.29, 1.82) is 0 Å². The molecule has 2 aromatic carbocycles. The van der Waals surface area contributed by atoms with Crippen molar-refractivity contribution >= 4 is 5.91 Å². The highest BCUT2D eigenvalue weighted by Gasteiger charge is 2.23. The largest absolute Gasteiger partial charge is 0.497 e. The summed E-state index contributed by atoms with van der Waals surface area (Å²) in [5.41, 5.74) is 3.70. The molecule has 6 nitrogen and oxygen atoms in total.